The highest BCUT2D eigenvalue weighted by Gasteiger charge is 2.14. The van der Waals surface area contributed by atoms with Crippen LogP contribution in [0.5, 0.6) is 0 Å². The molecule has 0 radical (unpaired) electrons. The van der Waals surface area contributed by atoms with Crippen LogP contribution >= 0.6 is 0 Å². The van der Waals surface area contributed by atoms with Crippen LogP contribution in [0.1, 0.15) is 39.9 Å². The van der Waals surface area contributed by atoms with Crippen LogP contribution in [0, 0.1) is 20.8 Å². The van der Waals surface area contributed by atoms with Gasteiger partial charge in [-0.05, 0) is 44.9 Å². The van der Waals surface area contributed by atoms with E-state index in [-0.39, 0.29) is 0 Å². The van der Waals surface area contributed by atoms with E-state index in [9.17, 15) is 4.79 Å². The zero-order chi connectivity index (χ0) is 14.5. The molecule has 1 N–H and O–H groups in total. The van der Waals surface area contributed by atoms with Crippen LogP contribution in [-0.4, -0.2) is 43.4 Å². The molecular formula is C17H26N2O. The number of nitrogens with one attached hydrogen (secondary N) is 1. The van der Waals surface area contributed by atoms with Gasteiger partial charge in [0.2, 0.25) is 0 Å². The second-order valence-corrected chi connectivity index (χ2v) is 5.89. The van der Waals surface area contributed by atoms with E-state index in [2.05, 4.69) is 29.3 Å². The summed E-state index contributed by atoms with van der Waals surface area (Å²) in [6.07, 6.45) is 1.63. The molecule has 1 heterocycles. The number of ketones is 1. The summed E-state index contributed by atoms with van der Waals surface area (Å²) in [6, 6.07) is 4.22. The van der Waals surface area contributed by atoms with E-state index in [1.165, 1.54) is 5.56 Å². The van der Waals surface area contributed by atoms with Gasteiger partial charge in [0, 0.05) is 38.2 Å². The van der Waals surface area contributed by atoms with Gasteiger partial charge in [0.15, 0.2) is 5.78 Å². The van der Waals surface area contributed by atoms with Gasteiger partial charge in [0.05, 0.1) is 0 Å². The molecule has 1 fully saturated rings. The zero-order valence-corrected chi connectivity index (χ0v) is 13.0. The van der Waals surface area contributed by atoms with Crippen LogP contribution in [0.2, 0.25) is 0 Å². The van der Waals surface area contributed by atoms with Crippen molar-refractivity contribution in [3.05, 3.63) is 34.4 Å². The summed E-state index contributed by atoms with van der Waals surface area (Å²) in [4.78, 5) is 14.9. The van der Waals surface area contributed by atoms with E-state index in [4.69, 9.17) is 0 Å². The molecule has 0 atom stereocenters. The number of Topliss-reactive ketones (excluding diaryl/α,β-unsaturated/α-hetero) is 1. The number of carbonyl (C=O) groups is 1. The summed E-state index contributed by atoms with van der Waals surface area (Å²) in [7, 11) is 0. The Morgan fingerprint density at radius 1 is 1.15 bits per heavy atom. The van der Waals surface area contributed by atoms with Crippen LogP contribution in [0.4, 0.5) is 0 Å². The Bertz CT molecular complexity index is 453. The number of rotatable bonds is 5. The minimum atomic E-state index is 0.301. The van der Waals surface area contributed by atoms with Crippen molar-refractivity contribution in [3.63, 3.8) is 0 Å². The van der Waals surface area contributed by atoms with Crippen LogP contribution in [0.15, 0.2) is 12.1 Å². The Hall–Kier alpha value is -1.19. The maximum absolute atomic E-state index is 12.4. The van der Waals surface area contributed by atoms with Gasteiger partial charge in [-0.15, -0.1) is 0 Å². The Labute approximate surface area is 122 Å². The molecule has 0 aromatic heterocycles. The van der Waals surface area contributed by atoms with Crippen molar-refractivity contribution >= 4 is 5.78 Å². The van der Waals surface area contributed by atoms with Crippen LogP contribution in [-0.2, 0) is 0 Å². The molecule has 0 bridgehead atoms. The third kappa shape index (κ3) is 3.90. The van der Waals surface area contributed by atoms with Crippen LogP contribution < -0.4 is 5.32 Å². The zero-order valence-electron chi connectivity index (χ0n) is 13.0. The predicted molar refractivity (Wildman–Crippen MR) is 83.5 cm³/mol. The van der Waals surface area contributed by atoms with Crippen molar-refractivity contribution in [2.24, 2.45) is 0 Å². The van der Waals surface area contributed by atoms with Crippen molar-refractivity contribution in [1.29, 1.82) is 0 Å². The fourth-order valence-corrected chi connectivity index (χ4v) is 3.14. The van der Waals surface area contributed by atoms with E-state index < -0.39 is 0 Å². The monoisotopic (exact) mass is 274 g/mol. The lowest BCUT2D eigenvalue weighted by atomic mass is 9.94. The van der Waals surface area contributed by atoms with E-state index in [1.54, 1.807) is 0 Å². The van der Waals surface area contributed by atoms with E-state index in [1.807, 2.05) is 13.8 Å². The molecule has 20 heavy (non-hydrogen) atoms. The number of aryl methyl sites for hydroxylation is 3. The van der Waals surface area contributed by atoms with Gasteiger partial charge in [-0.2, -0.15) is 0 Å². The molecule has 3 nitrogen and oxygen atoms in total. The molecule has 1 aliphatic rings. The molecule has 2 rings (SSSR count). The molecule has 1 aromatic carbocycles. The first-order valence-electron chi connectivity index (χ1n) is 7.62. The molecule has 110 valence electrons. The number of hydrogen-bond donors (Lipinski definition) is 1. The van der Waals surface area contributed by atoms with Crippen molar-refractivity contribution in [2.75, 3.05) is 32.7 Å². The van der Waals surface area contributed by atoms with E-state index >= 15 is 0 Å². The fourth-order valence-electron chi connectivity index (χ4n) is 3.14. The number of carbonyl (C=O) groups excluding carboxylic acids is 1. The lowest BCUT2D eigenvalue weighted by Gasteiger charge is -2.26. The van der Waals surface area contributed by atoms with Crippen molar-refractivity contribution in [3.8, 4) is 0 Å². The smallest absolute Gasteiger partial charge is 0.163 e. The number of benzene rings is 1. The van der Waals surface area contributed by atoms with Crippen LogP contribution in [0.25, 0.3) is 0 Å². The lowest BCUT2D eigenvalue weighted by Crippen LogP contribution is -2.43. The minimum Gasteiger partial charge on any atom is -0.314 e. The van der Waals surface area contributed by atoms with E-state index in [0.29, 0.717) is 12.2 Å². The maximum Gasteiger partial charge on any atom is 0.163 e. The predicted octanol–water partition coefficient (Wildman–Crippen LogP) is 2.48. The Balaban J connectivity index is 1.88. The van der Waals surface area contributed by atoms with Gasteiger partial charge in [-0.25, -0.2) is 0 Å². The largest absolute Gasteiger partial charge is 0.314 e. The van der Waals surface area contributed by atoms with Gasteiger partial charge in [0.1, 0.15) is 0 Å². The summed E-state index contributed by atoms with van der Waals surface area (Å²) in [5.41, 5.74) is 4.41. The molecule has 0 aliphatic carbocycles. The van der Waals surface area contributed by atoms with Gasteiger partial charge in [0.25, 0.3) is 0 Å². The van der Waals surface area contributed by atoms with Gasteiger partial charge in [-0.3, -0.25) is 4.79 Å². The quantitative estimate of drug-likeness (QED) is 0.837. The van der Waals surface area contributed by atoms with E-state index in [0.717, 1.165) is 55.8 Å². The Morgan fingerprint density at radius 3 is 2.35 bits per heavy atom. The summed E-state index contributed by atoms with van der Waals surface area (Å²) in [5.74, 6) is 0.301. The second-order valence-electron chi connectivity index (χ2n) is 5.89. The first-order valence-corrected chi connectivity index (χ1v) is 7.62. The summed E-state index contributed by atoms with van der Waals surface area (Å²) in [6.45, 7) is 11.6. The topological polar surface area (TPSA) is 32.3 Å². The molecule has 3 heteroatoms. The fraction of sp³-hybridized carbons (Fsp3) is 0.588. The molecule has 1 aliphatic heterocycles. The maximum atomic E-state index is 12.4. The Kier molecular flexibility index (Phi) is 5.32. The highest BCUT2D eigenvalue weighted by atomic mass is 16.1. The van der Waals surface area contributed by atoms with Crippen molar-refractivity contribution < 1.29 is 4.79 Å². The molecule has 0 saturated carbocycles. The SMILES string of the molecule is Cc1cc(C)c(C(=O)CCCN2CCNCC2)c(C)c1. The van der Waals surface area contributed by atoms with Gasteiger partial charge < -0.3 is 10.2 Å². The van der Waals surface area contributed by atoms with Gasteiger partial charge >= 0.3 is 0 Å². The normalized spacial score (nSPS) is 16.4. The summed E-state index contributed by atoms with van der Waals surface area (Å²) < 4.78 is 0. The highest BCUT2D eigenvalue weighted by Crippen LogP contribution is 2.18. The van der Waals surface area contributed by atoms with Gasteiger partial charge in [-0.1, -0.05) is 17.7 Å². The second kappa shape index (κ2) is 7.00. The molecule has 0 unspecified atom stereocenters. The number of nitrogens with zero attached hydrogens (tertiary/aromatic N) is 1. The molecule has 1 aromatic rings. The average molecular weight is 274 g/mol. The van der Waals surface area contributed by atoms with Crippen molar-refractivity contribution in [2.45, 2.75) is 33.6 Å². The standard InChI is InChI=1S/C17H26N2O/c1-13-11-14(2)17(15(3)12-13)16(20)5-4-8-19-9-6-18-7-10-19/h11-12,18H,4-10H2,1-3H3. The minimum absolute atomic E-state index is 0.301. The third-order valence-electron chi connectivity index (χ3n) is 4.04. The Morgan fingerprint density at radius 2 is 1.75 bits per heavy atom. The molecular weight excluding hydrogens is 248 g/mol. The highest BCUT2D eigenvalue weighted by molar-refractivity contribution is 5.98. The van der Waals surface area contributed by atoms with Crippen molar-refractivity contribution in [1.82, 2.24) is 10.2 Å². The van der Waals surface area contributed by atoms with Crippen LogP contribution in [0.3, 0.4) is 0 Å². The molecule has 1 saturated heterocycles. The summed E-state index contributed by atoms with van der Waals surface area (Å²) >= 11 is 0. The molecule has 0 amide bonds. The lowest BCUT2D eigenvalue weighted by molar-refractivity contribution is 0.0972. The molecule has 0 spiro atoms. The number of hydrogen-bond acceptors (Lipinski definition) is 3. The first kappa shape index (κ1) is 15.2. The average Bonchev–Trinajstić information content (AvgIpc) is 2.38. The summed E-state index contributed by atoms with van der Waals surface area (Å²) in [5, 5.41) is 3.35. The third-order valence-corrected chi connectivity index (χ3v) is 4.04. The first-order chi connectivity index (χ1) is 9.58. The number of piperazine rings is 1.